The van der Waals surface area contributed by atoms with E-state index in [1.54, 1.807) is 42.5 Å². The molecule has 4 rings (SSSR count). The summed E-state index contributed by atoms with van der Waals surface area (Å²) in [4.78, 5) is 16.6. The number of ether oxygens (including phenoxy) is 3. The van der Waals surface area contributed by atoms with Crippen molar-refractivity contribution in [3.8, 4) is 11.5 Å². The molecule has 1 heterocycles. The first-order chi connectivity index (χ1) is 15.9. The van der Waals surface area contributed by atoms with Gasteiger partial charge in [0, 0.05) is 16.1 Å². The van der Waals surface area contributed by atoms with Crippen LogP contribution in [-0.4, -0.2) is 19.0 Å². The fourth-order valence-electron chi connectivity index (χ4n) is 3.13. The molecule has 0 spiro atoms. The van der Waals surface area contributed by atoms with E-state index >= 15 is 0 Å². The summed E-state index contributed by atoms with van der Waals surface area (Å²) in [6.45, 7) is 1.81. The maximum Gasteiger partial charge on any atom is 0.363 e. The number of cyclic esters (lactones) is 1. The van der Waals surface area contributed by atoms with Gasteiger partial charge in [-0.3, -0.25) is 0 Å². The minimum absolute atomic E-state index is 0.0681. The Labute approximate surface area is 200 Å². The molecule has 0 amide bonds. The van der Waals surface area contributed by atoms with Crippen LogP contribution < -0.4 is 9.47 Å². The molecule has 8 heteroatoms. The number of esters is 1. The molecule has 0 saturated heterocycles. The second-order valence-corrected chi connectivity index (χ2v) is 8.01. The Kier molecular flexibility index (Phi) is 6.67. The lowest BCUT2D eigenvalue weighted by atomic mass is 10.1. The van der Waals surface area contributed by atoms with Crippen LogP contribution in [0.4, 0.5) is 4.39 Å². The van der Waals surface area contributed by atoms with Crippen molar-refractivity contribution >= 4 is 41.1 Å². The second-order valence-electron chi connectivity index (χ2n) is 7.20. The summed E-state index contributed by atoms with van der Waals surface area (Å²) < 4.78 is 30.4. The van der Waals surface area contributed by atoms with Crippen LogP contribution in [-0.2, 0) is 16.1 Å². The molecule has 0 fully saturated rings. The maximum absolute atomic E-state index is 14.0. The molecule has 168 valence electrons. The zero-order valence-electron chi connectivity index (χ0n) is 17.7. The topological polar surface area (TPSA) is 57.1 Å². The van der Waals surface area contributed by atoms with E-state index in [1.165, 1.54) is 19.2 Å². The van der Waals surface area contributed by atoms with Crippen molar-refractivity contribution in [3.63, 3.8) is 0 Å². The van der Waals surface area contributed by atoms with Gasteiger partial charge in [0.15, 0.2) is 17.2 Å². The van der Waals surface area contributed by atoms with Crippen molar-refractivity contribution < 1.29 is 23.4 Å². The molecule has 0 N–H and O–H groups in total. The Hall–Kier alpha value is -3.35. The molecule has 3 aromatic rings. The smallest absolute Gasteiger partial charge is 0.363 e. The molecule has 0 saturated carbocycles. The number of methoxy groups -OCH3 is 1. The molecule has 1 aliphatic heterocycles. The zero-order chi connectivity index (χ0) is 23.5. The van der Waals surface area contributed by atoms with Gasteiger partial charge in [-0.05, 0) is 60.5 Å². The van der Waals surface area contributed by atoms with Gasteiger partial charge in [-0.1, -0.05) is 41.4 Å². The zero-order valence-corrected chi connectivity index (χ0v) is 19.2. The van der Waals surface area contributed by atoms with Crippen LogP contribution in [0.15, 0.2) is 65.3 Å². The normalized spacial score (nSPS) is 14.3. The van der Waals surface area contributed by atoms with Crippen molar-refractivity contribution in [2.45, 2.75) is 13.5 Å². The lowest BCUT2D eigenvalue weighted by Crippen LogP contribution is -2.05. The van der Waals surface area contributed by atoms with Crippen LogP contribution in [0, 0.1) is 12.7 Å². The molecule has 0 aromatic heterocycles. The fourth-order valence-corrected chi connectivity index (χ4v) is 3.53. The number of nitrogens with zero attached hydrogens (tertiary/aromatic N) is 1. The second kappa shape index (κ2) is 9.65. The van der Waals surface area contributed by atoms with E-state index in [-0.39, 0.29) is 28.8 Å². The summed E-state index contributed by atoms with van der Waals surface area (Å²) in [5.74, 6) is -0.0488. The van der Waals surface area contributed by atoms with E-state index in [0.29, 0.717) is 27.6 Å². The third kappa shape index (κ3) is 5.02. The molecule has 0 radical (unpaired) electrons. The van der Waals surface area contributed by atoms with Crippen molar-refractivity contribution in [2.75, 3.05) is 7.11 Å². The van der Waals surface area contributed by atoms with Gasteiger partial charge in [0.05, 0.1) is 12.1 Å². The van der Waals surface area contributed by atoms with E-state index in [1.807, 2.05) is 13.0 Å². The molecule has 0 atom stereocenters. The monoisotopic (exact) mass is 485 g/mol. The molecule has 0 bridgehead atoms. The molecule has 0 unspecified atom stereocenters. The van der Waals surface area contributed by atoms with Crippen molar-refractivity contribution in [3.05, 3.63) is 98.4 Å². The van der Waals surface area contributed by atoms with Crippen molar-refractivity contribution in [1.82, 2.24) is 0 Å². The Bertz CT molecular complexity index is 1280. The van der Waals surface area contributed by atoms with E-state index in [0.717, 1.165) is 5.56 Å². The van der Waals surface area contributed by atoms with E-state index in [9.17, 15) is 9.18 Å². The Morgan fingerprint density at radius 2 is 1.88 bits per heavy atom. The average molecular weight is 486 g/mol. The van der Waals surface area contributed by atoms with Crippen LogP contribution in [0.3, 0.4) is 0 Å². The minimum atomic E-state index is -0.574. The summed E-state index contributed by atoms with van der Waals surface area (Å²) >= 11 is 12.2. The molecule has 3 aromatic carbocycles. The SMILES string of the molecule is COc1cc(/C=C2/N=C(c3ccc(C)c(Cl)c3)OC2=O)ccc1OCc1c(F)cccc1Cl. The molecule has 1 aliphatic rings. The van der Waals surface area contributed by atoms with Gasteiger partial charge in [0.1, 0.15) is 12.4 Å². The highest BCUT2D eigenvalue weighted by molar-refractivity contribution is 6.32. The molecular formula is C25H18Cl2FNO4. The van der Waals surface area contributed by atoms with Gasteiger partial charge in [-0.15, -0.1) is 0 Å². The number of aryl methyl sites for hydroxylation is 1. The predicted molar refractivity (Wildman–Crippen MR) is 126 cm³/mol. The van der Waals surface area contributed by atoms with E-state index in [2.05, 4.69) is 4.99 Å². The maximum atomic E-state index is 14.0. The highest BCUT2D eigenvalue weighted by atomic mass is 35.5. The van der Waals surface area contributed by atoms with Gasteiger partial charge in [-0.25, -0.2) is 14.2 Å². The molecule has 33 heavy (non-hydrogen) atoms. The van der Waals surface area contributed by atoms with Gasteiger partial charge in [-0.2, -0.15) is 0 Å². The number of hydrogen-bond acceptors (Lipinski definition) is 5. The number of carbonyl (C=O) groups is 1. The minimum Gasteiger partial charge on any atom is -0.493 e. The lowest BCUT2D eigenvalue weighted by Gasteiger charge is -2.12. The number of rotatable bonds is 6. The van der Waals surface area contributed by atoms with Crippen molar-refractivity contribution in [1.29, 1.82) is 0 Å². The first-order valence-corrected chi connectivity index (χ1v) is 10.6. The third-order valence-corrected chi connectivity index (χ3v) is 5.73. The number of hydrogen-bond donors (Lipinski definition) is 0. The highest BCUT2D eigenvalue weighted by Gasteiger charge is 2.24. The van der Waals surface area contributed by atoms with Crippen LogP contribution in [0.25, 0.3) is 6.08 Å². The van der Waals surface area contributed by atoms with Crippen LogP contribution in [0.2, 0.25) is 10.0 Å². The molecular weight excluding hydrogens is 468 g/mol. The van der Waals surface area contributed by atoms with E-state index < -0.39 is 11.8 Å². The number of aliphatic imine (C=N–C) groups is 1. The Balaban J connectivity index is 1.56. The highest BCUT2D eigenvalue weighted by Crippen LogP contribution is 2.31. The van der Waals surface area contributed by atoms with Gasteiger partial charge < -0.3 is 14.2 Å². The summed E-state index contributed by atoms with van der Waals surface area (Å²) in [5.41, 5.74) is 2.54. The van der Waals surface area contributed by atoms with Crippen LogP contribution in [0.5, 0.6) is 11.5 Å². The standard InChI is InChI=1S/C25H18Cl2FNO4/c1-14-6-8-16(12-19(14)27)24-29-21(25(30)33-24)10-15-7-9-22(23(11-15)31-2)32-13-17-18(26)4-3-5-20(17)28/h3-12H,13H2,1-2H3/b21-10+. The van der Waals surface area contributed by atoms with Gasteiger partial charge in [0.2, 0.25) is 5.90 Å². The largest absolute Gasteiger partial charge is 0.493 e. The quantitative estimate of drug-likeness (QED) is 0.300. The summed E-state index contributed by atoms with van der Waals surface area (Å²) in [6, 6.07) is 14.8. The number of carbonyl (C=O) groups excluding carboxylic acids is 1. The lowest BCUT2D eigenvalue weighted by molar-refractivity contribution is -0.129. The van der Waals surface area contributed by atoms with Crippen molar-refractivity contribution in [2.24, 2.45) is 4.99 Å². The Morgan fingerprint density at radius 3 is 2.61 bits per heavy atom. The number of benzene rings is 3. The van der Waals surface area contributed by atoms with Crippen LogP contribution >= 0.6 is 23.2 Å². The predicted octanol–water partition coefficient (Wildman–Crippen LogP) is 6.37. The van der Waals surface area contributed by atoms with E-state index in [4.69, 9.17) is 37.4 Å². The first kappa shape index (κ1) is 22.8. The third-order valence-electron chi connectivity index (χ3n) is 4.96. The average Bonchev–Trinajstić information content (AvgIpc) is 3.16. The summed E-state index contributed by atoms with van der Waals surface area (Å²) in [7, 11) is 1.48. The van der Waals surface area contributed by atoms with Gasteiger partial charge in [0.25, 0.3) is 0 Å². The summed E-state index contributed by atoms with van der Waals surface area (Å²) in [5, 5.41) is 0.833. The molecule has 5 nitrogen and oxygen atoms in total. The molecule has 0 aliphatic carbocycles. The van der Waals surface area contributed by atoms with Crippen LogP contribution in [0.1, 0.15) is 22.3 Å². The Morgan fingerprint density at radius 1 is 1.06 bits per heavy atom. The van der Waals surface area contributed by atoms with Gasteiger partial charge >= 0.3 is 5.97 Å². The number of halogens is 3. The summed E-state index contributed by atoms with van der Waals surface area (Å²) in [6.07, 6.45) is 1.57. The fraction of sp³-hybridized carbons (Fsp3) is 0.120. The first-order valence-electron chi connectivity index (χ1n) is 9.88.